The van der Waals surface area contributed by atoms with E-state index in [4.69, 9.17) is 4.74 Å². The smallest absolute Gasteiger partial charge is 0.234 e. The van der Waals surface area contributed by atoms with Gasteiger partial charge < -0.3 is 15.4 Å². The van der Waals surface area contributed by atoms with Crippen molar-refractivity contribution in [2.75, 3.05) is 32.1 Å². The van der Waals surface area contributed by atoms with Crippen LogP contribution in [-0.4, -0.2) is 42.5 Å². The van der Waals surface area contributed by atoms with Gasteiger partial charge in [0.1, 0.15) is 5.82 Å². The fourth-order valence-corrected chi connectivity index (χ4v) is 2.36. The first-order valence-corrected chi connectivity index (χ1v) is 6.17. The van der Waals surface area contributed by atoms with Gasteiger partial charge in [0, 0.05) is 20.2 Å². The molecule has 0 aromatic carbocycles. The number of methoxy groups -OCH3 is 1. The number of hydrogen-bond donors (Lipinski definition) is 2. The number of nitrogens with one attached hydrogen (secondary N) is 2. The molecule has 1 aliphatic rings. The molecule has 1 aromatic rings. The molecule has 2 heterocycles. The van der Waals surface area contributed by atoms with Crippen molar-refractivity contribution in [3.8, 4) is 0 Å². The molecule has 1 saturated heterocycles. The Hall–Kier alpha value is -1.11. The van der Waals surface area contributed by atoms with Crippen LogP contribution in [0.4, 0.5) is 5.82 Å². The van der Waals surface area contributed by atoms with E-state index in [1.54, 1.807) is 31.1 Å². The standard InChI is InChI=1S/C12H20N4O2.ClH/c1-16-10(3-6-14-16)15-11(17)12(9-18-2)4-7-13-8-5-12;/h3,6,13H,4-5,7-9H2,1-2H3,(H,15,17);1H. The Kier molecular flexibility index (Phi) is 5.78. The van der Waals surface area contributed by atoms with E-state index in [2.05, 4.69) is 15.7 Å². The van der Waals surface area contributed by atoms with Crippen LogP contribution < -0.4 is 10.6 Å². The molecule has 7 heteroatoms. The minimum Gasteiger partial charge on any atom is -0.384 e. The topological polar surface area (TPSA) is 68.2 Å². The highest BCUT2D eigenvalue weighted by Gasteiger charge is 2.39. The van der Waals surface area contributed by atoms with Gasteiger partial charge in [-0.15, -0.1) is 12.4 Å². The van der Waals surface area contributed by atoms with E-state index in [1.165, 1.54) is 0 Å². The molecule has 0 atom stereocenters. The fourth-order valence-electron chi connectivity index (χ4n) is 2.36. The van der Waals surface area contributed by atoms with Crippen molar-refractivity contribution in [3.05, 3.63) is 12.3 Å². The lowest BCUT2D eigenvalue weighted by Gasteiger charge is -2.35. The van der Waals surface area contributed by atoms with Crippen molar-refractivity contribution in [3.63, 3.8) is 0 Å². The Morgan fingerprint density at radius 1 is 1.58 bits per heavy atom. The van der Waals surface area contributed by atoms with Crippen molar-refractivity contribution in [2.24, 2.45) is 12.5 Å². The van der Waals surface area contributed by atoms with E-state index in [0.717, 1.165) is 25.9 Å². The molecule has 6 nitrogen and oxygen atoms in total. The number of piperidine rings is 1. The number of ether oxygens (including phenoxy) is 1. The lowest BCUT2D eigenvalue weighted by atomic mass is 9.78. The molecule has 0 radical (unpaired) electrons. The maximum atomic E-state index is 12.5. The Morgan fingerprint density at radius 3 is 2.79 bits per heavy atom. The number of aromatic nitrogens is 2. The Balaban J connectivity index is 0.00000180. The predicted octanol–water partition coefficient (Wildman–Crippen LogP) is 0.797. The molecule has 1 fully saturated rings. The number of aryl methyl sites for hydroxylation is 1. The number of rotatable bonds is 4. The van der Waals surface area contributed by atoms with Crippen LogP contribution in [0.2, 0.25) is 0 Å². The highest BCUT2D eigenvalue weighted by molar-refractivity contribution is 5.94. The minimum atomic E-state index is -0.426. The first-order valence-electron chi connectivity index (χ1n) is 6.17. The zero-order chi connectivity index (χ0) is 13.0. The summed E-state index contributed by atoms with van der Waals surface area (Å²) in [6, 6.07) is 1.79. The largest absolute Gasteiger partial charge is 0.384 e. The summed E-state index contributed by atoms with van der Waals surface area (Å²) >= 11 is 0. The van der Waals surface area contributed by atoms with Gasteiger partial charge in [-0.25, -0.2) is 0 Å². The van der Waals surface area contributed by atoms with Gasteiger partial charge in [-0.05, 0) is 25.9 Å². The summed E-state index contributed by atoms with van der Waals surface area (Å²) in [6.07, 6.45) is 3.26. The molecule has 1 amide bonds. The zero-order valence-corrected chi connectivity index (χ0v) is 12.1. The number of anilines is 1. The van der Waals surface area contributed by atoms with Crippen LogP contribution >= 0.6 is 12.4 Å². The SMILES string of the molecule is COCC1(C(=O)Nc2ccnn2C)CCNCC1.Cl. The molecule has 0 spiro atoms. The van der Waals surface area contributed by atoms with Crippen LogP contribution in [0.25, 0.3) is 0 Å². The van der Waals surface area contributed by atoms with E-state index in [1.807, 2.05) is 0 Å². The summed E-state index contributed by atoms with van der Waals surface area (Å²) in [7, 11) is 3.45. The highest BCUT2D eigenvalue weighted by atomic mass is 35.5. The van der Waals surface area contributed by atoms with Gasteiger partial charge in [0.15, 0.2) is 0 Å². The molecule has 0 saturated carbocycles. The lowest BCUT2D eigenvalue weighted by molar-refractivity contribution is -0.130. The summed E-state index contributed by atoms with van der Waals surface area (Å²) in [5.41, 5.74) is -0.426. The molecule has 108 valence electrons. The molecule has 1 aromatic heterocycles. The number of nitrogens with zero attached hydrogens (tertiary/aromatic N) is 2. The molecule has 2 rings (SSSR count). The molecule has 1 aliphatic heterocycles. The summed E-state index contributed by atoms with van der Waals surface area (Å²) in [5.74, 6) is 0.739. The number of carbonyl (C=O) groups is 1. The fraction of sp³-hybridized carbons (Fsp3) is 0.667. The van der Waals surface area contributed by atoms with Crippen LogP contribution in [-0.2, 0) is 16.6 Å². The van der Waals surface area contributed by atoms with Crippen LogP contribution in [0.3, 0.4) is 0 Å². The predicted molar refractivity (Wildman–Crippen MR) is 75.5 cm³/mol. The molecule has 19 heavy (non-hydrogen) atoms. The van der Waals surface area contributed by atoms with Crippen LogP contribution in [0.5, 0.6) is 0 Å². The Bertz CT molecular complexity index is 410. The molecular formula is C12H21ClN4O2. The lowest BCUT2D eigenvalue weighted by Crippen LogP contribution is -2.47. The van der Waals surface area contributed by atoms with E-state index < -0.39 is 5.41 Å². The quantitative estimate of drug-likeness (QED) is 0.860. The van der Waals surface area contributed by atoms with E-state index in [0.29, 0.717) is 12.4 Å². The number of hydrogen-bond acceptors (Lipinski definition) is 4. The third-order valence-electron chi connectivity index (χ3n) is 3.53. The average Bonchev–Trinajstić information content (AvgIpc) is 2.76. The second kappa shape index (κ2) is 6.88. The first-order chi connectivity index (χ1) is 8.68. The van der Waals surface area contributed by atoms with Gasteiger partial charge in [-0.1, -0.05) is 0 Å². The summed E-state index contributed by atoms with van der Waals surface area (Å²) in [5, 5.41) is 10.3. The van der Waals surface area contributed by atoms with Gasteiger partial charge in [-0.3, -0.25) is 9.48 Å². The number of carbonyl (C=O) groups excluding carboxylic acids is 1. The van der Waals surface area contributed by atoms with Crippen molar-refractivity contribution >= 4 is 24.1 Å². The summed E-state index contributed by atoms with van der Waals surface area (Å²) < 4.78 is 6.90. The molecule has 0 unspecified atom stereocenters. The second-order valence-corrected chi connectivity index (χ2v) is 4.76. The molecule has 0 aliphatic carbocycles. The monoisotopic (exact) mass is 288 g/mol. The van der Waals surface area contributed by atoms with Crippen LogP contribution in [0.15, 0.2) is 12.3 Å². The van der Waals surface area contributed by atoms with Crippen molar-refractivity contribution in [2.45, 2.75) is 12.8 Å². The summed E-state index contributed by atoms with van der Waals surface area (Å²) in [6.45, 7) is 2.16. The van der Waals surface area contributed by atoms with Gasteiger partial charge in [-0.2, -0.15) is 5.10 Å². The third kappa shape index (κ3) is 3.46. The zero-order valence-electron chi connectivity index (χ0n) is 11.3. The maximum Gasteiger partial charge on any atom is 0.234 e. The third-order valence-corrected chi connectivity index (χ3v) is 3.53. The molecular weight excluding hydrogens is 268 g/mol. The van der Waals surface area contributed by atoms with E-state index in [-0.39, 0.29) is 18.3 Å². The molecule has 0 bridgehead atoms. The van der Waals surface area contributed by atoms with Gasteiger partial charge >= 0.3 is 0 Å². The first kappa shape index (κ1) is 15.9. The summed E-state index contributed by atoms with van der Waals surface area (Å²) in [4.78, 5) is 12.5. The van der Waals surface area contributed by atoms with Crippen LogP contribution in [0, 0.1) is 5.41 Å². The Morgan fingerprint density at radius 2 is 2.26 bits per heavy atom. The van der Waals surface area contributed by atoms with Gasteiger partial charge in [0.25, 0.3) is 0 Å². The van der Waals surface area contributed by atoms with Gasteiger partial charge in [0.05, 0.1) is 18.2 Å². The molecule has 2 N–H and O–H groups in total. The second-order valence-electron chi connectivity index (χ2n) is 4.76. The van der Waals surface area contributed by atoms with E-state index >= 15 is 0 Å². The average molecular weight is 289 g/mol. The highest BCUT2D eigenvalue weighted by Crippen LogP contribution is 2.30. The van der Waals surface area contributed by atoms with Crippen molar-refractivity contribution < 1.29 is 9.53 Å². The normalized spacial score (nSPS) is 17.6. The van der Waals surface area contributed by atoms with Gasteiger partial charge in [0.2, 0.25) is 5.91 Å². The number of halogens is 1. The van der Waals surface area contributed by atoms with Crippen molar-refractivity contribution in [1.29, 1.82) is 0 Å². The van der Waals surface area contributed by atoms with Crippen molar-refractivity contribution in [1.82, 2.24) is 15.1 Å². The van der Waals surface area contributed by atoms with Crippen LogP contribution in [0.1, 0.15) is 12.8 Å². The number of amides is 1. The minimum absolute atomic E-state index is 0. The maximum absolute atomic E-state index is 12.5. The Labute approximate surface area is 119 Å². The van der Waals surface area contributed by atoms with E-state index in [9.17, 15) is 4.79 Å².